The van der Waals surface area contributed by atoms with Crippen LogP contribution in [0.2, 0.25) is 0 Å². The largest absolute Gasteiger partial charge is 0.444 e. The van der Waals surface area contributed by atoms with Crippen molar-refractivity contribution in [1.82, 2.24) is 15.5 Å². The molecule has 0 aliphatic carbocycles. The quantitative estimate of drug-likeness (QED) is 0.257. The van der Waals surface area contributed by atoms with Crippen LogP contribution in [0.25, 0.3) is 0 Å². The molecule has 1 aromatic carbocycles. The number of alkyl carbamates (subject to hydrolysis) is 1. The number of hydrogen-bond acceptors (Lipinski definition) is 5. The van der Waals surface area contributed by atoms with Crippen molar-refractivity contribution in [2.24, 2.45) is 5.73 Å². The van der Waals surface area contributed by atoms with E-state index in [1.165, 1.54) is 4.90 Å². The average Bonchev–Trinajstić information content (AvgIpc) is 2.83. The lowest BCUT2D eigenvalue weighted by molar-refractivity contribution is -0.143. The Bertz CT molecular complexity index is 924. The van der Waals surface area contributed by atoms with Crippen molar-refractivity contribution in [3.05, 3.63) is 35.4 Å². The molecule has 0 saturated heterocycles. The standard InChI is InChI=1S/C30H50N4O5/c1-8-10-11-12-13-20-34(26(27(36)32-21(3)4)23-16-14-22(9-2)15-17-23)28(37)24(18-19-25(31)35)33-29(38)39-30(5,6)7/h14-17,21,24,26H,8-13,18-20H2,1-7H3,(H2,31,35)(H,32,36)(H,33,38). The van der Waals surface area contributed by atoms with Crippen LogP contribution in [0.4, 0.5) is 4.79 Å². The summed E-state index contributed by atoms with van der Waals surface area (Å²) in [4.78, 5) is 53.5. The highest BCUT2D eigenvalue weighted by atomic mass is 16.6. The van der Waals surface area contributed by atoms with Crippen LogP contribution >= 0.6 is 0 Å². The van der Waals surface area contributed by atoms with E-state index in [4.69, 9.17) is 10.5 Å². The first-order valence-corrected chi connectivity index (χ1v) is 14.3. The van der Waals surface area contributed by atoms with Gasteiger partial charge in [-0.15, -0.1) is 0 Å². The number of nitrogens with zero attached hydrogens (tertiary/aromatic N) is 1. The number of nitrogens with one attached hydrogen (secondary N) is 2. The maximum atomic E-state index is 14.1. The molecule has 1 rings (SSSR count). The van der Waals surface area contributed by atoms with Crippen LogP contribution in [0, 0.1) is 0 Å². The van der Waals surface area contributed by atoms with Gasteiger partial charge in [-0.2, -0.15) is 0 Å². The predicted molar refractivity (Wildman–Crippen MR) is 154 cm³/mol. The molecule has 0 radical (unpaired) electrons. The van der Waals surface area contributed by atoms with Gasteiger partial charge in [0.1, 0.15) is 17.7 Å². The van der Waals surface area contributed by atoms with Crippen molar-refractivity contribution in [1.29, 1.82) is 0 Å². The fourth-order valence-electron chi connectivity index (χ4n) is 4.22. The van der Waals surface area contributed by atoms with E-state index in [0.29, 0.717) is 18.5 Å². The Morgan fingerprint density at radius 1 is 0.949 bits per heavy atom. The van der Waals surface area contributed by atoms with Crippen LogP contribution in [0.15, 0.2) is 24.3 Å². The molecule has 39 heavy (non-hydrogen) atoms. The second-order valence-electron chi connectivity index (χ2n) is 11.3. The Hall–Kier alpha value is -3.10. The minimum Gasteiger partial charge on any atom is -0.444 e. The van der Waals surface area contributed by atoms with Gasteiger partial charge < -0.3 is 26.0 Å². The summed E-state index contributed by atoms with van der Waals surface area (Å²) < 4.78 is 5.38. The zero-order valence-electron chi connectivity index (χ0n) is 25.0. The molecule has 9 heteroatoms. The fraction of sp³-hybridized carbons (Fsp3) is 0.667. The zero-order valence-corrected chi connectivity index (χ0v) is 25.0. The van der Waals surface area contributed by atoms with Crippen molar-refractivity contribution in [2.75, 3.05) is 6.54 Å². The number of unbranched alkanes of at least 4 members (excludes halogenated alkanes) is 4. The van der Waals surface area contributed by atoms with Crippen LogP contribution in [0.3, 0.4) is 0 Å². The molecule has 0 bridgehead atoms. The Balaban J connectivity index is 3.48. The summed E-state index contributed by atoms with van der Waals surface area (Å²) in [6.45, 7) is 13.4. The molecule has 4 N–H and O–H groups in total. The summed E-state index contributed by atoms with van der Waals surface area (Å²) in [7, 11) is 0. The Kier molecular flexibility index (Phi) is 14.6. The van der Waals surface area contributed by atoms with E-state index in [2.05, 4.69) is 24.5 Å². The topological polar surface area (TPSA) is 131 Å². The summed E-state index contributed by atoms with van der Waals surface area (Å²) in [5.41, 5.74) is 6.40. The molecule has 0 aliphatic heterocycles. The predicted octanol–water partition coefficient (Wildman–Crippen LogP) is 4.77. The highest BCUT2D eigenvalue weighted by Crippen LogP contribution is 2.25. The van der Waals surface area contributed by atoms with Gasteiger partial charge in [0.15, 0.2) is 0 Å². The van der Waals surface area contributed by atoms with Gasteiger partial charge in [0.2, 0.25) is 17.7 Å². The summed E-state index contributed by atoms with van der Waals surface area (Å²) in [5.74, 6) is -1.35. The molecule has 2 unspecified atom stereocenters. The first kappa shape index (κ1) is 33.9. The highest BCUT2D eigenvalue weighted by Gasteiger charge is 2.36. The summed E-state index contributed by atoms with van der Waals surface area (Å²) >= 11 is 0. The third kappa shape index (κ3) is 13.0. The molecular weight excluding hydrogens is 496 g/mol. The molecule has 0 aromatic heterocycles. The third-order valence-electron chi connectivity index (χ3n) is 6.15. The van der Waals surface area contributed by atoms with Crippen molar-refractivity contribution in [3.63, 3.8) is 0 Å². The normalized spacial score (nSPS) is 12.9. The van der Waals surface area contributed by atoms with E-state index in [1.54, 1.807) is 20.8 Å². The molecule has 1 aromatic rings. The molecule has 2 atom stereocenters. The summed E-state index contributed by atoms with van der Waals surface area (Å²) in [5, 5.41) is 5.59. The smallest absolute Gasteiger partial charge is 0.408 e. The van der Waals surface area contributed by atoms with E-state index in [1.807, 2.05) is 38.1 Å². The van der Waals surface area contributed by atoms with Crippen molar-refractivity contribution < 1.29 is 23.9 Å². The Morgan fingerprint density at radius 2 is 1.56 bits per heavy atom. The molecule has 0 saturated carbocycles. The number of primary amides is 1. The van der Waals surface area contributed by atoms with E-state index in [9.17, 15) is 19.2 Å². The number of nitrogens with two attached hydrogens (primary N) is 1. The van der Waals surface area contributed by atoms with Gasteiger partial charge in [-0.05, 0) is 65.0 Å². The van der Waals surface area contributed by atoms with E-state index < -0.39 is 35.6 Å². The number of aryl methyl sites for hydroxylation is 1. The summed E-state index contributed by atoms with van der Waals surface area (Å²) in [6, 6.07) is 5.53. The van der Waals surface area contributed by atoms with E-state index in [-0.39, 0.29) is 24.8 Å². The molecule has 0 fully saturated rings. The second-order valence-corrected chi connectivity index (χ2v) is 11.3. The molecule has 4 amide bonds. The molecule has 220 valence electrons. The lowest BCUT2D eigenvalue weighted by atomic mass is 9.99. The average molecular weight is 547 g/mol. The summed E-state index contributed by atoms with van der Waals surface area (Å²) in [6.07, 6.45) is 4.74. The van der Waals surface area contributed by atoms with E-state index in [0.717, 1.165) is 37.7 Å². The van der Waals surface area contributed by atoms with Gasteiger partial charge in [0.25, 0.3) is 0 Å². The minimum absolute atomic E-state index is 0.00691. The lowest BCUT2D eigenvalue weighted by Crippen LogP contribution is -2.54. The Labute approximate surface area is 234 Å². The maximum absolute atomic E-state index is 14.1. The number of ether oxygens (including phenoxy) is 1. The van der Waals surface area contributed by atoms with Gasteiger partial charge in [-0.25, -0.2) is 4.79 Å². The number of amides is 4. The van der Waals surface area contributed by atoms with E-state index >= 15 is 0 Å². The van der Waals surface area contributed by atoms with Gasteiger partial charge >= 0.3 is 6.09 Å². The molecular formula is C30H50N4O5. The van der Waals surface area contributed by atoms with Crippen LogP contribution < -0.4 is 16.4 Å². The lowest BCUT2D eigenvalue weighted by Gasteiger charge is -2.35. The number of rotatable bonds is 16. The first-order valence-electron chi connectivity index (χ1n) is 14.3. The Morgan fingerprint density at radius 3 is 2.08 bits per heavy atom. The van der Waals surface area contributed by atoms with Gasteiger partial charge in [-0.1, -0.05) is 63.8 Å². The molecule has 0 aliphatic rings. The highest BCUT2D eigenvalue weighted by molar-refractivity contribution is 5.92. The zero-order chi connectivity index (χ0) is 29.6. The number of carbonyl (C=O) groups excluding carboxylic acids is 4. The third-order valence-corrected chi connectivity index (χ3v) is 6.15. The number of hydrogen-bond donors (Lipinski definition) is 3. The van der Waals surface area contributed by atoms with Gasteiger partial charge in [-0.3, -0.25) is 14.4 Å². The SMILES string of the molecule is CCCCCCCN(C(=O)C(CCC(N)=O)NC(=O)OC(C)(C)C)C(C(=O)NC(C)C)c1ccc(CC)cc1. The fourth-order valence-corrected chi connectivity index (χ4v) is 4.22. The second kappa shape index (κ2) is 16.8. The van der Waals surface area contributed by atoms with Crippen LogP contribution in [0.1, 0.15) is 111 Å². The minimum atomic E-state index is -1.09. The number of carbonyl (C=O) groups is 4. The van der Waals surface area contributed by atoms with Gasteiger partial charge in [0, 0.05) is 19.0 Å². The van der Waals surface area contributed by atoms with Crippen molar-refractivity contribution in [3.8, 4) is 0 Å². The number of benzene rings is 1. The van der Waals surface area contributed by atoms with Crippen molar-refractivity contribution in [2.45, 2.75) is 124 Å². The maximum Gasteiger partial charge on any atom is 0.408 e. The monoisotopic (exact) mass is 546 g/mol. The van der Waals surface area contributed by atoms with Crippen LogP contribution in [0.5, 0.6) is 0 Å². The van der Waals surface area contributed by atoms with Crippen molar-refractivity contribution >= 4 is 23.8 Å². The van der Waals surface area contributed by atoms with Crippen LogP contribution in [-0.4, -0.2) is 52.9 Å². The van der Waals surface area contributed by atoms with Crippen LogP contribution in [-0.2, 0) is 25.5 Å². The first-order chi connectivity index (χ1) is 18.3. The molecule has 0 heterocycles. The molecule has 0 spiro atoms. The van der Waals surface area contributed by atoms with Gasteiger partial charge in [0.05, 0.1) is 0 Å². The molecule has 9 nitrogen and oxygen atoms in total.